The van der Waals surface area contributed by atoms with E-state index in [1.165, 1.54) is 38.2 Å². The van der Waals surface area contributed by atoms with E-state index in [2.05, 4.69) is 9.97 Å². The van der Waals surface area contributed by atoms with Crippen LogP contribution in [0.15, 0.2) is 55.0 Å². The average Bonchev–Trinajstić information content (AvgIpc) is 3.34. The smallest absolute Gasteiger partial charge is 0.423 e. The molecule has 0 spiro atoms. The second-order valence-corrected chi connectivity index (χ2v) is 8.48. The van der Waals surface area contributed by atoms with Gasteiger partial charge in [0.25, 0.3) is 5.91 Å². The van der Waals surface area contributed by atoms with Crippen LogP contribution in [0.3, 0.4) is 0 Å². The molecule has 0 bridgehead atoms. The Labute approximate surface area is 210 Å². The molecule has 0 fully saturated rings. The van der Waals surface area contributed by atoms with E-state index >= 15 is 0 Å². The zero-order valence-corrected chi connectivity index (χ0v) is 20.3. The number of imidazole rings is 1. The van der Waals surface area contributed by atoms with Crippen LogP contribution in [0, 0.1) is 0 Å². The molecule has 4 aromatic rings. The van der Waals surface area contributed by atoms with Gasteiger partial charge in [0.1, 0.15) is 5.69 Å². The van der Waals surface area contributed by atoms with Crippen molar-refractivity contribution in [1.29, 1.82) is 0 Å². The van der Waals surface area contributed by atoms with Crippen molar-refractivity contribution in [1.82, 2.24) is 14.5 Å². The highest BCUT2D eigenvalue weighted by Gasteiger charge is 2.55. The molecule has 0 saturated heterocycles. The van der Waals surface area contributed by atoms with Crippen LogP contribution in [-0.4, -0.2) is 45.9 Å². The van der Waals surface area contributed by atoms with Gasteiger partial charge in [-0.15, -0.1) is 0 Å². The van der Waals surface area contributed by atoms with E-state index in [-0.39, 0.29) is 12.2 Å². The quantitative estimate of drug-likeness (QED) is 0.360. The van der Waals surface area contributed by atoms with Gasteiger partial charge in [-0.05, 0) is 47.4 Å². The number of aliphatic hydroxyl groups is 1. The first kappa shape index (κ1) is 26.0. The lowest BCUT2D eigenvalue weighted by atomic mass is 9.96. The number of hydrogen-bond acceptors (Lipinski definition) is 6. The normalized spacial score (nSPS) is 13.4. The van der Waals surface area contributed by atoms with E-state index in [0.29, 0.717) is 28.1 Å². The largest absolute Gasteiger partial charge is 0.493 e. The Balaban J connectivity index is 1.75. The molecule has 4 rings (SSSR count). The van der Waals surface area contributed by atoms with Crippen LogP contribution in [-0.2, 0) is 12.1 Å². The van der Waals surface area contributed by atoms with E-state index in [1.807, 2.05) is 12.1 Å². The Morgan fingerprint density at radius 3 is 2.43 bits per heavy atom. The predicted octanol–water partition coefficient (Wildman–Crippen LogP) is 4.42. The maximum atomic E-state index is 13.4. The summed E-state index contributed by atoms with van der Waals surface area (Å²) in [4.78, 5) is 20.2. The number of carbonyl (C=O) groups excluding carboxylic acids is 1. The number of nitrogens with zero attached hydrogens (tertiary/aromatic N) is 3. The van der Waals surface area contributed by atoms with Crippen LogP contribution in [0.4, 0.5) is 13.2 Å². The summed E-state index contributed by atoms with van der Waals surface area (Å²) in [6.07, 6.45) is -3.03. The van der Waals surface area contributed by atoms with Crippen molar-refractivity contribution in [3.8, 4) is 22.6 Å². The number of alkyl halides is 3. The summed E-state index contributed by atoms with van der Waals surface area (Å²) in [6, 6.07) is 12.3. The van der Waals surface area contributed by atoms with Crippen molar-refractivity contribution in [3.05, 3.63) is 71.9 Å². The zero-order chi connectivity index (χ0) is 27.0. The fourth-order valence-electron chi connectivity index (χ4n) is 4.14. The van der Waals surface area contributed by atoms with Gasteiger partial charge in [0.05, 0.1) is 31.8 Å². The van der Waals surface area contributed by atoms with Crippen LogP contribution < -0.4 is 15.2 Å². The second-order valence-electron chi connectivity index (χ2n) is 8.48. The van der Waals surface area contributed by atoms with Gasteiger partial charge in [-0.3, -0.25) is 4.79 Å². The Hall–Kier alpha value is -4.12. The van der Waals surface area contributed by atoms with Crippen molar-refractivity contribution in [3.63, 3.8) is 0 Å². The number of carbonyl (C=O) groups is 1. The van der Waals surface area contributed by atoms with E-state index < -0.39 is 29.8 Å². The molecule has 0 radical (unpaired) electrons. The Morgan fingerprint density at radius 1 is 1.08 bits per heavy atom. The molecule has 0 aliphatic rings. The fourth-order valence-corrected chi connectivity index (χ4v) is 4.14. The molecule has 2 aromatic heterocycles. The van der Waals surface area contributed by atoms with Gasteiger partial charge >= 0.3 is 6.18 Å². The number of rotatable bonds is 8. The minimum Gasteiger partial charge on any atom is -0.493 e. The molecule has 0 saturated carbocycles. The van der Waals surface area contributed by atoms with Gasteiger partial charge in [0.15, 0.2) is 11.5 Å². The first-order valence-electron chi connectivity index (χ1n) is 11.3. The van der Waals surface area contributed by atoms with Crippen molar-refractivity contribution in [2.75, 3.05) is 14.2 Å². The summed E-state index contributed by atoms with van der Waals surface area (Å²) < 4.78 is 52.4. The minimum atomic E-state index is -4.86. The number of fused-ring (bicyclic) bond motifs is 1. The van der Waals surface area contributed by atoms with E-state index in [0.717, 1.165) is 10.9 Å². The number of amides is 1. The highest BCUT2D eigenvalue weighted by molar-refractivity contribution is 6.01. The second kappa shape index (κ2) is 9.74. The Kier molecular flexibility index (Phi) is 6.83. The van der Waals surface area contributed by atoms with E-state index in [1.54, 1.807) is 30.3 Å². The summed E-state index contributed by atoms with van der Waals surface area (Å²) in [6.45, 7) is 1.41. The summed E-state index contributed by atoms with van der Waals surface area (Å²) in [5, 5.41) is 10.9. The maximum absolute atomic E-state index is 13.4. The fraction of sp³-hybridized carbons (Fsp3) is 0.269. The molecule has 1 unspecified atom stereocenters. The monoisotopic (exact) mass is 514 g/mol. The number of benzene rings is 2. The Morgan fingerprint density at radius 2 is 1.81 bits per heavy atom. The third-order valence-electron chi connectivity index (χ3n) is 6.22. The summed E-state index contributed by atoms with van der Waals surface area (Å²) in [5.74, 6) is 0.338. The SMILES string of the molecule is CCC(O)(c1cn(Cc2ccc3c(-c4ccc(OC)c(OC)c4)cc(C(N)=O)nc3c2)cn1)C(F)(F)F. The highest BCUT2D eigenvalue weighted by Crippen LogP contribution is 2.41. The van der Waals surface area contributed by atoms with Gasteiger partial charge < -0.3 is 24.9 Å². The van der Waals surface area contributed by atoms with Gasteiger partial charge in [-0.2, -0.15) is 13.2 Å². The predicted molar refractivity (Wildman–Crippen MR) is 130 cm³/mol. The lowest BCUT2D eigenvalue weighted by Gasteiger charge is -2.27. The molecular formula is C26H25F3N4O4. The number of methoxy groups -OCH3 is 2. The molecule has 1 atom stereocenters. The van der Waals surface area contributed by atoms with E-state index in [9.17, 15) is 23.1 Å². The van der Waals surface area contributed by atoms with Crippen LogP contribution in [0.5, 0.6) is 11.5 Å². The Bertz CT molecular complexity index is 1470. The molecule has 3 N–H and O–H groups in total. The van der Waals surface area contributed by atoms with Crippen LogP contribution >= 0.6 is 0 Å². The van der Waals surface area contributed by atoms with Crippen molar-refractivity contribution >= 4 is 16.8 Å². The van der Waals surface area contributed by atoms with Crippen molar-refractivity contribution < 1.29 is 32.5 Å². The van der Waals surface area contributed by atoms with Gasteiger partial charge in [0, 0.05) is 18.1 Å². The third kappa shape index (κ3) is 4.82. The third-order valence-corrected chi connectivity index (χ3v) is 6.22. The van der Waals surface area contributed by atoms with Gasteiger partial charge in [0.2, 0.25) is 5.60 Å². The van der Waals surface area contributed by atoms with Crippen LogP contribution in [0.1, 0.15) is 35.1 Å². The standard InChI is InChI=1S/C26H25F3N4O4/c1-4-25(35,26(27,28)29)23-13-33(14-31-23)12-15-5-7-17-18(11-20(24(30)34)32-19(17)9-15)16-6-8-21(36-2)22(10-16)37-3/h5-11,13-14,35H,4,12H2,1-3H3,(H2,30,34). The zero-order valence-electron chi connectivity index (χ0n) is 20.3. The highest BCUT2D eigenvalue weighted by atomic mass is 19.4. The van der Waals surface area contributed by atoms with E-state index in [4.69, 9.17) is 15.2 Å². The van der Waals surface area contributed by atoms with Crippen LogP contribution in [0.2, 0.25) is 0 Å². The lowest BCUT2D eigenvalue weighted by molar-refractivity contribution is -0.269. The van der Waals surface area contributed by atoms with Crippen LogP contribution in [0.25, 0.3) is 22.0 Å². The number of ether oxygens (including phenoxy) is 2. The molecule has 37 heavy (non-hydrogen) atoms. The summed E-state index contributed by atoms with van der Waals surface area (Å²) in [5.41, 5.74) is 4.67. The average molecular weight is 515 g/mol. The summed E-state index contributed by atoms with van der Waals surface area (Å²) in [7, 11) is 3.05. The van der Waals surface area contributed by atoms with Gasteiger partial charge in [-0.1, -0.05) is 25.1 Å². The van der Waals surface area contributed by atoms with Crippen molar-refractivity contribution in [2.45, 2.75) is 31.7 Å². The number of hydrogen-bond donors (Lipinski definition) is 2. The molecule has 194 valence electrons. The lowest BCUT2D eigenvalue weighted by Crippen LogP contribution is -2.42. The molecule has 1 amide bonds. The minimum absolute atomic E-state index is 0.0533. The number of aromatic nitrogens is 3. The topological polar surface area (TPSA) is 112 Å². The molecule has 2 aromatic carbocycles. The number of nitrogens with two attached hydrogens (primary N) is 1. The maximum Gasteiger partial charge on any atom is 0.423 e. The number of halogens is 3. The molecule has 0 aliphatic heterocycles. The van der Waals surface area contributed by atoms with Gasteiger partial charge in [-0.25, -0.2) is 9.97 Å². The molecular weight excluding hydrogens is 489 g/mol. The molecule has 8 nitrogen and oxygen atoms in total. The van der Waals surface area contributed by atoms with Crippen molar-refractivity contribution in [2.24, 2.45) is 5.73 Å². The number of primary amides is 1. The number of pyridine rings is 1. The first-order chi connectivity index (χ1) is 17.5. The molecule has 0 aliphatic carbocycles. The molecule has 2 heterocycles. The first-order valence-corrected chi connectivity index (χ1v) is 11.3. The molecule has 11 heteroatoms. The summed E-state index contributed by atoms with van der Waals surface area (Å²) >= 11 is 0.